The average Bonchev–Trinajstić information content (AvgIpc) is 2.55. The number of H-pyrrole nitrogens is 1. The van der Waals surface area contributed by atoms with Crippen molar-refractivity contribution >= 4 is 0 Å². The van der Waals surface area contributed by atoms with Crippen LogP contribution in [0.1, 0.15) is 24.1 Å². The van der Waals surface area contributed by atoms with Gasteiger partial charge in [0, 0.05) is 5.69 Å². The van der Waals surface area contributed by atoms with Gasteiger partial charge in [-0.3, -0.25) is 16.8 Å². The molecule has 5 N–H and O–H groups in total. The Bertz CT molecular complexity index is 185. The molecule has 1 aromatic heterocycles. The predicted octanol–water partition coefficient (Wildman–Crippen LogP) is 0.107. The molecule has 0 saturated carbocycles. The number of aromatic amines is 1. The summed E-state index contributed by atoms with van der Waals surface area (Å²) in [4.78, 5) is 0. The second-order valence-corrected chi connectivity index (χ2v) is 2.58. The van der Waals surface area contributed by atoms with Crippen LogP contribution in [-0.2, 0) is 12.8 Å². The third kappa shape index (κ3) is 1.78. The van der Waals surface area contributed by atoms with Crippen LogP contribution in [0.15, 0.2) is 6.20 Å². The number of aryl methyl sites for hydroxylation is 2. The van der Waals surface area contributed by atoms with Gasteiger partial charge in [-0.05, 0) is 31.2 Å². The van der Waals surface area contributed by atoms with E-state index in [0.717, 1.165) is 0 Å². The van der Waals surface area contributed by atoms with Gasteiger partial charge in [0.05, 0.1) is 6.20 Å². The number of nitrogens with two attached hydrogens (primary N) is 2. The molecule has 0 aliphatic heterocycles. The van der Waals surface area contributed by atoms with Crippen molar-refractivity contribution in [1.29, 1.82) is 0 Å². The number of hydrogen-bond acceptors (Lipinski definition) is 3. The number of hydrazine groups is 1. The lowest BCUT2D eigenvalue weighted by atomic mass is 9.99. The molecular weight excluding hydrogens is 140 g/mol. The molecule has 4 nitrogen and oxygen atoms in total. The first-order chi connectivity index (χ1) is 5.47. The van der Waals surface area contributed by atoms with Crippen LogP contribution in [0.25, 0.3) is 0 Å². The monoisotopic (exact) mass is 154 g/mol. The maximum atomic E-state index is 4.00. The van der Waals surface area contributed by atoms with E-state index in [2.05, 4.69) is 21.9 Å². The second-order valence-electron chi connectivity index (χ2n) is 2.58. The Morgan fingerprint density at radius 1 is 1.27 bits per heavy atom. The van der Waals surface area contributed by atoms with Crippen molar-refractivity contribution in [3.8, 4) is 0 Å². The molecule has 1 aliphatic rings. The van der Waals surface area contributed by atoms with Crippen LogP contribution in [0, 0.1) is 0 Å². The normalized spacial score (nSPS) is 14.7. The standard InChI is InChI=1S/C7H10N2.H4N2/c1-2-4-7-6(3-1)5-8-9-7;1-2/h5H,1-4H2,(H,8,9);1-2H2. The molecule has 11 heavy (non-hydrogen) atoms. The highest BCUT2D eigenvalue weighted by Gasteiger charge is 2.08. The largest absolute Gasteiger partial charge is 0.282 e. The minimum atomic E-state index is 1.20. The second kappa shape index (κ2) is 4.10. The number of nitrogens with one attached hydrogen (secondary N) is 1. The lowest BCUT2D eigenvalue weighted by molar-refractivity contribution is 0.675. The minimum Gasteiger partial charge on any atom is -0.282 e. The highest BCUT2D eigenvalue weighted by Crippen LogP contribution is 2.17. The van der Waals surface area contributed by atoms with E-state index in [4.69, 9.17) is 0 Å². The van der Waals surface area contributed by atoms with Crippen LogP contribution in [0.4, 0.5) is 0 Å². The van der Waals surface area contributed by atoms with Crippen molar-refractivity contribution in [2.75, 3.05) is 0 Å². The number of fused-ring (bicyclic) bond motifs is 1. The van der Waals surface area contributed by atoms with Crippen LogP contribution >= 0.6 is 0 Å². The highest BCUT2D eigenvalue weighted by molar-refractivity contribution is 5.18. The fraction of sp³-hybridized carbons (Fsp3) is 0.571. The Morgan fingerprint density at radius 2 is 2.00 bits per heavy atom. The Balaban J connectivity index is 0.000000281. The number of rotatable bonds is 0. The molecule has 0 saturated heterocycles. The van der Waals surface area contributed by atoms with E-state index < -0.39 is 0 Å². The van der Waals surface area contributed by atoms with Crippen molar-refractivity contribution in [2.45, 2.75) is 25.7 Å². The van der Waals surface area contributed by atoms with Gasteiger partial charge in [0.1, 0.15) is 0 Å². The van der Waals surface area contributed by atoms with Crippen LogP contribution < -0.4 is 11.7 Å². The molecular formula is C7H14N4. The molecule has 4 heteroatoms. The smallest absolute Gasteiger partial charge is 0.0522 e. The minimum absolute atomic E-state index is 1.20. The molecule has 0 atom stereocenters. The van der Waals surface area contributed by atoms with Crippen molar-refractivity contribution < 1.29 is 0 Å². The van der Waals surface area contributed by atoms with E-state index in [1.54, 1.807) is 0 Å². The molecule has 0 spiro atoms. The van der Waals surface area contributed by atoms with Crippen LogP contribution in [0.3, 0.4) is 0 Å². The first kappa shape index (κ1) is 8.23. The van der Waals surface area contributed by atoms with Gasteiger partial charge >= 0.3 is 0 Å². The first-order valence-electron chi connectivity index (χ1n) is 3.81. The summed E-state index contributed by atoms with van der Waals surface area (Å²) in [5.74, 6) is 8.00. The van der Waals surface area contributed by atoms with Crippen LogP contribution in [0.2, 0.25) is 0 Å². The Labute approximate surface area is 65.9 Å². The van der Waals surface area contributed by atoms with E-state index in [9.17, 15) is 0 Å². The van der Waals surface area contributed by atoms with Gasteiger partial charge in [0.25, 0.3) is 0 Å². The fourth-order valence-electron chi connectivity index (χ4n) is 1.39. The average molecular weight is 154 g/mol. The van der Waals surface area contributed by atoms with E-state index in [1.807, 2.05) is 6.20 Å². The van der Waals surface area contributed by atoms with Gasteiger partial charge in [-0.2, -0.15) is 5.10 Å². The summed E-state index contributed by atoms with van der Waals surface area (Å²) in [5, 5.41) is 6.99. The summed E-state index contributed by atoms with van der Waals surface area (Å²) >= 11 is 0. The van der Waals surface area contributed by atoms with Gasteiger partial charge in [-0.25, -0.2) is 0 Å². The Hall–Kier alpha value is -0.870. The summed E-state index contributed by atoms with van der Waals surface area (Å²) in [6, 6.07) is 0. The summed E-state index contributed by atoms with van der Waals surface area (Å²) < 4.78 is 0. The zero-order valence-electron chi connectivity index (χ0n) is 6.51. The summed E-state index contributed by atoms with van der Waals surface area (Å²) in [7, 11) is 0. The van der Waals surface area contributed by atoms with Crippen molar-refractivity contribution in [3.05, 3.63) is 17.5 Å². The quantitative estimate of drug-likeness (QED) is 0.366. The van der Waals surface area contributed by atoms with Crippen molar-refractivity contribution in [3.63, 3.8) is 0 Å². The van der Waals surface area contributed by atoms with Crippen molar-refractivity contribution in [1.82, 2.24) is 10.2 Å². The number of hydrogen-bond donors (Lipinski definition) is 3. The summed E-state index contributed by atoms with van der Waals surface area (Å²) in [5.41, 5.74) is 2.79. The summed E-state index contributed by atoms with van der Waals surface area (Å²) in [6.07, 6.45) is 7.05. The van der Waals surface area contributed by atoms with E-state index in [-0.39, 0.29) is 0 Å². The van der Waals surface area contributed by atoms with Crippen LogP contribution in [0.5, 0.6) is 0 Å². The topological polar surface area (TPSA) is 80.7 Å². The molecule has 0 bridgehead atoms. The van der Waals surface area contributed by atoms with Gasteiger partial charge in [0.2, 0.25) is 0 Å². The van der Waals surface area contributed by atoms with Gasteiger partial charge in [0.15, 0.2) is 0 Å². The van der Waals surface area contributed by atoms with Gasteiger partial charge < -0.3 is 0 Å². The maximum absolute atomic E-state index is 4.00. The highest BCUT2D eigenvalue weighted by atomic mass is 15.1. The van der Waals surface area contributed by atoms with E-state index in [0.29, 0.717) is 0 Å². The molecule has 1 heterocycles. The third-order valence-corrected chi connectivity index (χ3v) is 1.93. The Morgan fingerprint density at radius 3 is 2.73 bits per heavy atom. The summed E-state index contributed by atoms with van der Waals surface area (Å²) in [6.45, 7) is 0. The first-order valence-corrected chi connectivity index (χ1v) is 3.81. The molecule has 1 aromatic rings. The molecule has 0 radical (unpaired) electrons. The molecule has 0 fully saturated rings. The lowest BCUT2D eigenvalue weighted by Gasteiger charge is -2.07. The maximum Gasteiger partial charge on any atom is 0.0522 e. The number of aromatic nitrogens is 2. The van der Waals surface area contributed by atoms with E-state index >= 15 is 0 Å². The molecule has 1 aliphatic carbocycles. The molecule has 0 aromatic carbocycles. The van der Waals surface area contributed by atoms with Gasteiger partial charge in [-0.1, -0.05) is 0 Å². The molecule has 0 unspecified atom stereocenters. The van der Waals surface area contributed by atoms with Crippen molar-refractivity contribution in [2.24, 2.45) is 11.7 Å². The zero-order chi connectivity index (χ0) is 8.10. The fourth-order valence-corrected chi connectivity index (χ4v) is 1.39. The van der Waals surface area contributed by atoms with Crippen LogP contribution in [-0.4, -0.2) is 10.2 Å². The number of nitrogens with zero attached hydrogens (tertiary/aromatic N) is 1. The van der Waals surface area contributed by atoms with Gasteiger partial charge in [-0.15, -0.1) is 0 Å². The third-order valence-electron chi connectivity index (χ3n) is 1.93. The molecule has 62 valence electrons. The lowest BCUT2D eigenvalue weighted by Crippen LogP contribution is -2.02. The predicted molar refractivity (Wildman–Crippen MR) is 43.6 cm³/mol. The zero-order valence-corrected chi connectivity index (χ0v) is 6.51. The Kier molecular flexibility index (Phi) is 3.07. The molecule has 0 amide bonds. The van der Waals surface area contributed by atoms with E-state index in [1.165, 1.54) is 36.9 Å². The molecule has 2 rings (SSSR count). The SMILES string of the molecule is NN.c1n[nH]c2c1CCCC2.